The van der Waals surface area contributed by atoms with Crippen molar-refractivity contribution in [2.24, 2.45) is 5.73 Å². The normalized spacial score (nSPS) is 15.1. The summed E-state index contributed by atoms with van der Waals surface area (Å²) >= 11 is 7.78. The molecule has 33 heavy (non-hydrogen) atoms. The number of carbonyl (C=O) groups excluding carboxylic acids is 5. The Bertz CT molecular complexity index is 738. The first-order valence-corrected chi connectivity index (χ1v) is 10.9. The third-order valence-electron chi connectivity index (χ3n) is 4.08. The van der Waals surface area contributed by atoms with Crippen molar-refractivity contribution in [2.45, 2.75) is 44.1 Å². The minimum atomic E-state index is -1.51. The standard InChI is InChI=1S/C17H30N6O8S2/c1-7(20-12(26)4-19-11(25)3-18)14(27)23-13(8(2)24)16(29)21-9(5-32)15(28)22-10(6-33)17(30)31/h7-10,13,24,32-33H,3-6,18H2,1-2H3,(H,19,25)(H,20,26)(H,21,29)(H,22,28)(H,23,27)(H,30,31)/t7-,8+,9-,10-,13-/m0/s1. The van der Waals surface area contributed by atoms with Crippen LogP contribution in [0.3, 0.4) is 0 Å². The van der Waals surface area contributed by atoms with Crippen molar-refractivity contribution in [3.8, 4) is 0 Å². The molecule has 0 aromatic heterocycles. The van der Waals surface area contributed by atoms with Gasteiger partial charge in [0.05, 0.1) is 19.2 Å². The first-order valence-electron chi connectivity index (χ1n) is 9.67. The van der Waals surface area contributed by atoms with Crippen molar-refractivity contribution in [1.29, 1.82) is 0 Å². The highest BCUT2D eigenvalue weighted by molar-refractivity contribution is 7.80. The number of nitrogens with one attached hydrogen (secondary N) is 5. The summed E-state index contributed by atoms with van der Waals surface area (Å²) in [4.78, 5) is 71.0. The number of hydrogen-bond acceptors (Lipinski definition) is 10. The number of aliphatic carboxylic acids is 1. The summed E-state index contributed by atoms with van der Waals surface area (Å²) in [5.41, 5.74) is 5.10. The molecule has 0 bridgehead atoms. The summed E-state index contributed by atoms with van der Waals surface area (Å²) in [5, 5.41) is 30.1. The SMILES string of the molecule is C[C@H](NC(=O)CNC(=O)CN)C(=O)N[C@H](C(=O)N[C@@H](CS)C(=O)N[C@@H](CS)C(=O)O)[C@@H](C)O. The van der Waals surface area contributed by atoms with Crippen LogP contribution >= 0.6 is 25.3 Å². The van der Waals surface area contributed by atoms with Crippen LogP contribution in [0, 0.1) is 0 Å². The van der Waals surface area contributed by atoms with Gasteiger partial charge in [-0.3, -0.25) is 24.0 Å². The fourth-order valence-corrected chi connectivity index (χ4v) is 2.71. The van der Waals surface area contributed by atoms with Crippen LogP contribution in [0.5, 0.6) is 0 Å². The van der Waals surface area contributed by atoms with E-state index in [2.05, 4.69) is 51.8 Å². The minimum absolute atomic E-state index is 0.194. The van der Waals surface area contributed by atoms with Gasteiger partial charge >= 0.3 is 5.97 Å². The van der Waals surface area contributed by atoms with Gasteiger partial charge in [0.2, 0.25) is 29.5 Å². The van der Waals surface area contributed by atoms with Crippen molar-refractivity contribution in [2.75, 3.05) is 24.6 Å². The number of thiol groups is 2. The van der Waals surface area contributed by atoms with Gasteiger partial charge in [-0.1, -0.05) is 0 Å². The molecule has 5 atom stereocenters. The van der Waals surface area contributed by atoms with E-state index in [9.17, 15) is 33.9 Å². The summed E-state index contributed by atoms with van der Waals surface area (Å²) in [6.45, 7) is 1.79. The monoisotopic (exact) mass is 510 g/mol. The zero-order valence-electron chi connectivity index (χ0n) is 18.0. The molecule has 0 aromatic carbocycles. The van der Waals surface area contributed by atoms with Crippen molar-refractivity contribution >= 4 is 60.8 Å². The summed E-state index contributed by atoms with van der Waals surface area (Å²) in [6.07, 6.45) is -1.39. The fourth-order valence-electron chi connectivity index (χ4n) is 2.21. The second-order valence-corrected chi connectivity index (χ2v) is 7.55. The average Bonchev–Trinajstić information content (AvgIpc) is 2.76. The molecule has 0 aromatic rings. The van der Waals surface area contributed by atoms with E-state index in [1.54, 1.807) is 0 Å². The minimum Gasteiger partial charge on any atom is -0.480 e. The Morgan fingerprint density at radius 2 is 1.36 bits per heavy atom. The Morgan fingerprint density at radius 3 is 1.82 bits per heavy atom. The topological polar surface area (TPSA) is 229 Å². The zero-order chi connectivity index (χ0) is 25.7. The molecule has 9 N–H and O–H groups in total. The lowest BCUT2D eigenvalue weighted by Gasteiger charge is -2.26. The lowest BCUT2D eigenvalue weighted by Crippen LogP contribution is -2.60. The summed E-state index contributed by atoms with van der Waals surface area (Å²) in [6, 6.07) is -5.23. The van der Waals surface area contributed by atoms with Crippen LogP contribution in [0.25, 0.3) is 0 Å². The van der Waals surface area contributed by atoms with Gasteiger partial charge in [-0.25, -0.2) is 4.79 Å². The van der Waals surface area contributed by atoms with E-state index in [1.807, 2.05) is 0 Å². The number of carboxylic acids is 1. The van der Waals surface area contributed by atoms with E-state index in [1.165, 1.54) is 13.8 Å². The van der Waals surface area contributed by atoms with Gasteiger partial charge in [-0.2, -0.15) is 25.3 Å². The van der Waals surface area contributed by atoms with E-state index in [-0.39, 0.29) is 18.1 Å². The van der Waals surface area contributed by atoms with Crippen LogP contribution in [-0.4, -0.2) is 101 Å². The van der Waals surface area contributed by atoms with Crippen molar-refractivity contribution in [3.05, 3.63) is 0 Å². The molecule has 0 saturated heterocycles. The Morgan fingerprint density at radius 1 is 0.818 bits per heavy atom. The van der Waals surface area contributed by atoms with Crippen LogP contribution in [-0.2, 0) is 28.8 Å². The maximum atomic E-state index is 12.6. The van der Waals surface area contributed by atoms with E-state index < -0.39 is 72.3 Å². The molecule has 0 fully saturated rings. The number of amides is 5. The molecule has 16 heteroatoms. The number of carboxylic acid groups (broad SMARTS) is 1. The second kappa shape index (κ2) is 15.3. The molecule has 0 aliphatic heterocycles. The second-order valence-electron chi connectivity index (χ2n) is 6.82. The van der Waals surface area contributed by atoms with Crippen LogP contribution in [0.2, 0.25) is 0 Å². The van der Waals surface area contributed by atoms with E-state index in [4.69, 9.17) is 10.8 Å². The van der Waals surface area contributed by atoms with Gasteiger partial charge in [-0.05, 0) is 13.8 Å². The highest BCUT2D eigenvalue weighted by Crippen LogP contribution is 1.99. The largest absolute Gasteiger partial charge is 0.480 e. The Labute approximate surface area is 201 Å². The van der Waals surface area contributed by atoms with Crippen LogP contribution < -0.4 is 32.3 Å². The Kier molecular flexibility index (Phi) is 14.1. The van der Waals surface area contributed by atoms with Crippen molar-refractivity contribution in [1.82, 2.24) is 26.6 Å². The van der Waals surface area contributed by atoms with Gasteiger partial charge < -0.3 is 42.5 Å². The number of aliphatic hydroxyl groups is 1. The molecule has 0 unspecified atom stereocenters. The van der Waals surface area contributed by atoms with Crippen LogP contribution in [0.15, 0.2) is 0 Å². The van der Waals surface area contributed by atoms with Crippen molar-refractivity contribution in [3.63, 3.8) is 0 Å². The van der Waals surface area contributed by atoms with E-state index >= 15 is 0 Å². The average molecular weight is 511 g/mol. The predicted octanol–water partition coefficient (Wildman–Crippen LogP) is -4.65. The maximum absolute atomic E-state index is 12.6. The van der Waals surface area contributed by atoms with Crippen LogP contribution in [0.4, 0.5) is 0 Å². The molecule has 0 heterocycles. The number of nitrogens with two attached hydrogens (primary N) is 1. The zero-order valence-corrected chi connectivity index (χ0v) is 19.8. The first-order chi connectivity index (χ1) is 15.4. The number of hydrogen-bond donors (Lipinski definition) is 10. The Balaban J connectivity index is 5.04. The molecule has 5 amide bonds. The molecule has 0 spiro atoms. The summed E-state index contributed by atoms with van der Waals surface area (Å²) in [7, 11) is 0. The molecule has 0 aliphatic carbocycles. The van der Waals surface area contributed by atoms with Gasteiger partial charge in [0, 0.05) is 11.5 Å². The maximum Gasteiger partial charge on any atom is 0.327 e. The first kappa shape index (κ1) is 30.4. The lowest BCUT2D eigenvalue weighted by atomic mass is 10.1. The molecular formula is C17H30N6O8S2. The fraction of sp³-hybridized carbons (Fsp3) is 0.647. The van der Waals surface area contributed by atoms with E-state index in [0.29, 0.717) is 0 Å². The summed E-state index contributed by atoms with van der Waals surface area (Å²) < 4.78 is 0. The molecule has 0 rings (SSSR count). The third-order valence-corrected chi connectivity index (χ3v) is 4.81. The predicted molar refractivity (Wildman–Crippen MR) is 122 cm³/mol. The molecule has 0 aliphatic rings. The quantitative estimate of drug-likeness (QED) is 0.101. The Hall–Kier alpha value is -2.56. The smallest absolute Gasteiger partial charge is 0.327 e. The highest BCUT2D eigenvalue weighted by Gasteiger charge is 2.31. The molecular weight excluding hydrogens is 480 g/mol. The summed E-state index contributed by atoms with van der Waals surface area (Å²) in [5.74, 6) is -5.62. The van der Waals surface area contributed by atoms with Gasteiger partial charge in [0.15, 0.2) is 0 Å². The van der Waals surface area contributed by atoms with Gasteiger partial charge in [0.25, 0.3) is 0 Å². The molecule has 0 saturated carbocycles. The molecule has 188 valence electrons. The lowest BCUT2D eigenvalue weighted by molar-refractivity contribution is -0.141. The van der Waals surface area contributed by atoms with Gasteiger partial charge in [0.1, 0.15) is 24.2 Å². The van der Waals surface area contributed by atoms with Crippen molar-refractivity contribution < 1.29 is 39.0 Å². The third kappa shape index (κ3) is 11.2. The number of carbonyl (C=O) groups is 6. The highest BCUT2D eigenvalue weighted by atomic mass is 32.1. The number of rotatable bonds is 14. The number of aliphatic hydroxyl groups excluding tert-OH is 1. The molecule has 0 radical (unpaired) electrons. The van der Waals surface area contributed by atoms with E-state index in [0.717, 1.165) is 0 Å². The van der Waals surface area contributed by atoms with Gasteiger partial charge in [-0.15, -0.1) is 0 Å². The van der Waals surface area contributed by atoms with Crippen LogP contribution in [0.1, 0.15) is 13.8 Å². The molecule has 14 nitrogen and oxygen atoms in total.